The van der Waals surface area contributed by atoms with Crippen molar-refractivity contribution in [1.82, 2.24) is 20.3 Å². The predicted molar refractivity (Wildman–Crippen MR) is 81.5 cm³/mol. The van der Waals surface area contributed by atoms with E-state index in [0.717, 1.165) is 37.2 Å². The number of nitrogens with zero attached hydrogens (tertiary/aromatic N) is 3. The van der Waals surface area contributed by atoms with Gasteiger partial charge in [0.25, 0.3) is 0 Å². The minimum Gasteiger partial charge on any atom is -0.308 e. The molecule has 0 aliphatic carbocycles. The third-order valence-electron chi connectivity index (χ3n) is 3.46. The summed E-state index contributed by atoms with van der Waals surface area (Å²) in [6.45, 7) is 5.94. The van der Waals surface area contributed by atoms with Gasteiger partial charge in [-0.1, -0.05) is 37.3 Å². The van der Waals surface area contributed by atoms with E-state index >= 15 is 0 Å². The van der Waals surface area contributed by atoms with Crippen LogP contribution in [0.25, 0.3) is 0 Å². The molecule has 2 aromatic rings. The summed E-state index contributed by atoms with van der Waals surface area (Å²) in [5.41, 5.74) is 1.74. The molecule has 4 nitrogen and oxygen atoms in total. The zero-order valence-electron chi connectivity index (χ0n) is 12.7. The van der Waals surface area contributed by atoms with Crippen LogP contribution in [0.3, 0.4) is 0 Å². The van der Waals surface area contributed by atoms with Gasteiger partial charge in [-0.15, -0.1) is 5.10 Å². The molecule has 2 rings (SSSR count). The molecule has 1 aromatic heterocycles. The van der Waals surface area contributed by atoms with E-state index in [4.69, 9.17) is 0 Å². The third kappa shape index (κ3) is 4.11. The van der Waals surface area contributed by atoms with Gasteiger partial charge in [-0.2, -0.15) is 0 Å². The highest BCUT2D eigenvalue weighted by atomic mass is 19.1. The molecule has 0 aliphatic rings. The van der Waals surface area contributed by atoms with Gasteiger partial charge in [-0.25, -0.2) is 9.07 Å². The van der Waals surface area contributed by atoms with Crippen LogP contribution in [0.1, 0.15) is 44.0 Å². The Morgan fingerprint density at radius 2 is 2.05 bits per heavy atom. The second-order valence-electron chi connectivity index (χ2n) is 5.18. The van der Waals surface area contributed by atoms with Crippen LogP contribution >= 0.6 is 0 Å². The summed E-state index contributed by atoms with van der Waals surface area (Å²) in [5, 5.41) is 11.6. The van der Waals surface area contributed by atoms with Gasteiger partial charge in [0.2, 0.25) is 0 Å². The zero-order valence-corrected chi connectivity index (χ0v) is 12.7. The molecule has 0 radical (unpaired) electrons. The minimum absolute atomic E-state index is 0.0309. The highest BCUT2D eigenvalue weighted by molar-refractivity contribution is 5.20. The maximum Gasteiger partial charge on any atom is 0.126 e. The predicted octanol–water partition coefficient (Wildman–Crippen LogP) is 3.11. The van der Waals surface area contributed by atoms with Gasteiger partial charge >= 0.3 is 0 Å². The third-order valence-corrected chi connectivity index (χ3v) is 3.46. The molecule has 0 saturated heterocycles. The number of aromatic nitrogens is 3. The highest BCUT2D eigenvalue weighted by Crippen LogP contribution is 2.20. The van der Waals surface area contributed by atoms with E-state index in [1.807, 2.05) is 16.8 Å². The van der Waals surface area contributed by atoms with Crippen LogP contribution in [-0.2, 0) is 13.0 Å². The topological polar surface area (TPSA) is 42.7 Å². The second-order valence-corrected chi connectivity index (χ2v) is 5.18. The van der Waals surface area contributed by atoms with E-state index in [1.54, 1.807) is 12.3 Å². The lowest BCUT2D eigenvalue weighted by Crippen LogP contribution is -2.27. The Labute approximate surface area is 125 Å². The van der Waals surface area contributed by atoms with E-state index in [9.17, 15) is 4.39 Å². The van der Waals surface area contributed by atoms with Crippen LogP contribution < -0.4 is 5.32 Å². The molecular weight excluding hydrogens is 267 g/mol. The normalized spacial score (nSPS) is 12.5. The lowest BCUT2D eigenvalue weighted by atomic mass is 10.0. The molecular formula is C16H23FN4. The lowest BCUT2D eigenvalue weighted by Gasteiger charge is -2.19. The van der Waals surface area contributed by atoms with Crippen LogP contribution in [0.5, 0.6) is 0 Å². The Morgan fingerprint density at radius 1 is 1.24 bits per heavy atom. The average molecular weight is 290 g/mol. The van der Waals surface area contributed by atoms with E-state index in [1.165, 1.54) is 6.07 Å². The maximum atomic E-state index is 13.9. The summed E-state index contributed by atoms with van der Waals surface area (Å²) in [4.78, 5) is 0. The first-order valence-corrected chi connectivity index (χ1v) is 7.61. The molecule has 0 spiro atoms. The van der Waals surface area contributed by atoms with Crippen molar-refractivity contribution in [2.45, 2.75) is 45.7 Å². The fourth-order valence-electron chi connectivity index (χ4n) is 2.40. The van der Waals surface area contributed by atoms with E-state index in [-0.39, 0.29) is 11.9 Å². The first-order valence-electron chi connectivity index (χ1n) is 7.61. The first kappa shape index (κ1) is 15.6. The molecule has 0 fully saturated rings. The fourth-order valence-corrected chi connectivity index (χ4v) is 2.40. The quantitative estimate of drug-likeness (QED) is 0.812. The largest absolute Gasteiger partial charge is 0.308 e. The Morgan fingerprint density at radius 3 is 2.76 bits per heavy atom. The Bertz CT molecular complexity index is 553. The summed E-state index contributed by atoms with van der Waals surface area (Å²) >= 11 is 0. The van der Waals surface area contributed by atoms with Crippen molar-refractivity contribution in [3.63, 3.8) is 0 Å². The van der Waals surface area contributed by atoms with Crippen molar-refractivity contribution >= 4 is 0 Å². The summed E-state index contributed by atoms with van der Waals surface area (Å²) in [6, 6.07) is 6.97. The number of nitrogens with one attached hydrogen (secondary N) is 1. The molecule has 1 aromatic carbocycles. The number of hydrogen-bond acceptors (Lipinski definition) is 3. The lowest BCUT2D eigenvalue weighted by molar-refractivity contribution is 0.458. The molecule has 114 valence electrons. The summed E-state index contributed by atoms with van der Waals surface area (Å²) in [7, 11) is 0. The Hall–Kier alpha value is -1.75. The Balaban J connectivity index is 2.21. The molecule has 0 aliphatic heterocycles. The number of rotatable bonds is 8. The second kappa shape index (κ2) is 7.88. The van der Waals surface area contributed by atoms with E-state index in [2.05, 4.69) is 29.5 Å². The minimum atomic E-state index is -0.157. The molecule has 1 atom stereocenters. The van der Waals surface area contributed by atoms with Crippen LogP contribution in [0.4, 0.5) is 4.39 Å². The van der Waals surface area contributed by atoms with Crippen molar-refractivity contribution in [1.29, 1.82) is 0 Å². The van der Waals surface area contributed by atoms with Gasteiger partial charge in [0.1, 0.15) is 5.82 Å². The number of halogens is 1. The van der Waals surface area contributed by atoms with Crippen LogP contribution in [0.2, 0.25) is 0 Å². The molecule has 21 heavy (non-hydrogen) atoms. The molecule has 5 heteroatoms. The first-order chi connectivity index (χ1) is 10.3. The fraction of sp³-hybridized carbons (Fsp3) is 0.500. The van der Waals surface area contributed by atoms with Crippen LogP contribution in [0.15, 0.2) is 30.5 Å². The average Bonchev–Trinajstić information content (AvgIpc) is 2.94. The number of benzene rings is 1. The summed E-state index contributed by atoms with van der Waals surface area (Å²) < 4.78 is 15.8. The van der Waals surface area contributed by atoms with Gasteiger partial charge < -0.3 is 5.32 Å². The number of aryl methyl sites for hydroxylation is 1. The summed E-state index contributed by atoms with van der Waals surface area (Å²) in [5.74, 6) is -0.157. The van der Waals surface area contributed by atoms with Gasteiger partial charge in [0, 0.05) is 6.54 Å². The van der Waals surface area contributed by atoms with Crippen LogP contribution in [-0.4, -0.2) is 21.5 Å². The van der Waals surface area contributed by atoms with Gasteiger partial charge in [-0.05, 0) is 37.4 Å². The molecule has 0 bridgehead atoms. The Kier molecular flexibility index (Phi) is 5.87. The van der Waals surface area contributed by atoms with Gasteiger partial charge in [0.15, 0.2) is 0 Å². The SMILES string of the molecule is CCCNC(Cc1ccccc1F)c1cnnn1CCC. The van der Waals surface area contributed by atoms with E-state index in [0.29, 0.717) is 6.42 Å². The van der Waals surface area contributed by atoms with E-state index < -0.39 is 0 Å². The van der Waals surface area contributed by atoms with Crippen molar-refractivity contribution < 1.29 is 4.39 Å². The van der Waals surface area contributed by atoms with Gasteiger partial charge in [0.05, 0.1) is 17.9 Å². The molecule has 1 unspecified atom stereocenters. The van der Waals surface area contributed by atoms with Crippen LogP contribution in [0, 0.1) is 5.82 Å². The summed E-state index contributed by atoms with van der Waals surface area (Å²) in [6.07, 6.45) is 4.41. The monoisotopic (exact) mass is 290 g/mol. The molecule has 1 N–H and O–H groups in total. The number of hydrogen-bond donors (Lipinski definition) is 1. The maximum absolute atomic E-state index is 13.9. The van der Waals surface area contributed by atoms with Crippen molar-refractivity contribution in [3.8, 4) is 0 Å². The van der Waals surface area contributed by atoms with Crippen molar-refractivity contribution in [3.05, 3.63) is 47.5 Å². The molecule has 0 saturated carbocycles. The molecule has 1 heterocycles. The van der Waals surface area contributed by atoms with Gasteiger partial charge in [-0.3, -0.25) is 0 Å². The highest BCUT2D eigenvalue weighted by Gasteiger charge is 2.18. The smallest absolute Gasteiger partial charge is 0.126 e. The standard InChI is InChI=1S/C16H23FN4/c1-3-9-18-15(11-13-7-5-6-8-14(13)17)16-12-19-20-21(16)10-4-2/h5-8,12,15,18H,3-4,9-11H2,1-2H3. The van der Waals surface area contributed by atoms with Crippen molar-refractivity contribution in [2.75, 3.05) is 6.54 Å². The molecule has 0 amide bonds. The van der Waals surface area contributed by atoms with Crippen molar-refractivity contribution in [2.24, 2.45) is 0 Å². The zero-order chi connectivity index (χ0) is 15.1.